The summed E-state index contributed by atoms with van der Waals surface area (Å²) >= 11 is 0. The van der Waals surface area contributed by atoms with Crippen LogP contribution in [0.25, 0.3) is 16.9 Å². The highest BCUT2D eigenvalue weighted by Gasteiger charge is 2.28. The molecule has 188 valence electrons. The first-order valence-corrected chi connectivity index (χ1v) is 12.7. The van der Waals surface area contributed by atoms with Crippen molar-refractivity contribution in [1.29, 1.82) is 0 Å². The molecule has 36 heavy (non-hydrogen) atoms. The maximum absolute atomic E-state index is 13.5. The van der Waals surface area contributed by atoms with E-state index in [1.54, 1.807) is 41.2 Å². The molecule has 10 heteroatoms. The largest absolute Gasteiger partial charge is 0.507 e. The van der Waals surface area contributed by atoms with Crippen LogP contribution in [0.3, 0.4) is 0 Å². The Hall–Kier alpha value is -3.86. The lowest BCUT2D eigenvalue weighted by molar-refractivity contribution is 0.321. The molecule has 1 aromatic heterocycles. The standard InChI is InChI=1S/C26H28N4O5S/c1-18-7-3-5-9-21(18)30-22(11-13-28-30)20-15-26(24(32)16-23(20)31)36(33,34)29(2)17-19-8-4-6-10-25(19)35-14-12-27/h3-11,13,15-16,31-32H,12,14,17,27H2,1-2H3. The SMILES string of the molecule is Cc1ccccc1-n1nccc1-c1cc(S(=O)(=O)N(C)Cc2ccccc2OCCN)c(O)cc1O. The minimum Gasteiger partial charge on any atom is -0.507 e. The third kappa shape index (κ3) is 4.92. The average Bonchev–Trinajstić information content (AvgIpc) is 3.33. The summed E-state index contributed by atoms with van der Waals surface area (Å²) < 4.78 is 35.4. The van der Waals surface area contributed by atoms with Crippen molar-refractivity contribution >= 4 is 10.0 Å². The summed E-state index contributed by atoms with van der Waals surface area (Å²) in [6.45, 7) is 2.55. The summed E-state index contributed by atoms with van der Waals surface area (Å²) in [5.41, 5.74) is 8.59. The summed E-state index contributed by atoms with van der Waals surface area (Å²) in [4.78, 5) is -0.337. The number of rotatable bonds is 9. The molecule has 4 rings (SSSR count). The predicted octanol–water partition coefficient (Wildman–Crippen LogP) is 3.42. The van der Waals surface area contributed by atoms with Gasteiger partial charge >= 0.3 is 0 Å². The molecule has 0 amide bonds. The predicted molar refractivity (Wildman–Crippen MR) is 137 cm³/mol. The number of aryl methyl sites for hydroxylation is 1. The van der Waals surface area contributed by atoms with Crippen LogP contribution in [-0.2, 0) is 16.6 Å². The highest BCUT2D eigenvalue weighted by molar-refractivity contribution is 7.89. The number of benzene rings is 3. The van der Waals surface area contributed by atoms with Crippen LogP contribution in [0.1, 0.15) is 11.1 Å². The Morgan fingerprint density at radius 2 is 1.75 bits per heavy atom. The Labute approximate surface area is 210 Å². The lowest BCUT2D eigenvalue weighted by Crippen LogP contribution is -2.27. The summed E-state index contributed by atoms with van der Waals surface area (Å²) in [6.07, 6.45) is 1.56. The van der Waals surface area contributed by atoms with Crippen molar-refractivity contribution in [3.05, 3.63) is 84.1 Å². The minimum atomic E-state index is -4.16. The molecule has 4 N–H and O–H groups in total. The lowest BCUT2D eigenvalue weighted by Gasteiger charge is -2.21. The molecule has 0 fully saturated rings. The smallest absolute Gasteiger partial charge is 0.246 e. The van der Waals surface area contributed by atoms with Gasteiger partial charge in [-0.25, -0.2) is 13.1 Å². The van der Waals surface area contributed by atoms with Gasteiger partial charge in [0.1, 0.15) is 28.8 Å². The zero-order valence-corrected chi connectivity index (χ0v) is 20.8. The Balaban J connectivity index is 1.73. The van der Waals surface area contributed by atoms with Gasteiger partial charge in [0.25, 0.3) is 0 Å². The van der Waals surface area contributed by atoms with Crippen molar-refractivity contribution in [1.82, 2.24) is 14.1 Å². The summed E-state index contributed by atoms with van der Waals surface area (Å²) in [5, 5.41) is 25.6. The molecule has 0 aliphatic rings. The van der Waals surface area contributed by atoms with Crippen LogP contribution in [0.15, 0.2) is 77.8 Å². The van der Waals surface area contributed by atoms with E-state index in [2.05, 4.69) is 5.10 Å². The van der Waals surface area contributed by atoms with E-state index in [0.717, 1.165) is 21.6 Å². The maximum Gasteiger partial charge on any atom is 0.246 e. The van der Waals surface area contributed by atoms with Crippen molar-refractivity contribution < 1.29 is 23.4 Å². The van der Waals surface area contributed by atoms with Gasteiger partial charge in [0, 0.05) is 37.3 Å². The number of sulfonamides is 1. The van der Waals surface area contributed by atoms with Gasteiger partial charge in [-0.05, 0) is 36.8 Å². The molecule has 0 aliphatic carbocycles. The molecule has 0 saturated carbocycles. The highest BCUT2D eigenvalue weighted by atomic mass is 32.2. The first-order valence-electron chi connectivity index (χ1n) is 11.3. The lowest BCUT2D eigenvalue weighted by atomic mass is 10.1. The molecule has 9 nitrogen and oxygen atoms in total. The van der Waals surface area contributed by atoms with Crippen molar-refractivity contribution in [2.75, 3.05) is 20.2 Å². The second-order valence-electron chi connectivity index (χ2n) is 8.26. The summed E-state index contributed by atoms with van der Waals surface area (Å²) in [5.74, 6) is -0.301. The van der Waals surface area contributed by atoms with Crippen LogP contribution >= 0.6 is 0 Å². The first kappa shape index (κ1) is 25.2. The molecule has 0 unspecified atom stereocenters. The molecule has 0 saturated heterocycles. The second kappa shape index (κ2) is 10.4. The molecular weight excluding hydrogens is 480 g/mol. The Morgan fingerprint density at radius 3 is 2.50 bits per heavy atom. The second-order valence-corrected chi connectivity index (χ2v) is 10.3. The normalized spacial score (nSPS) is 11.7. The van der Waals surface area contributed by atoms with E-state index in [1.807, 2.05) is 31.2 Å². The van der Waals surface area contributed by atoms with Crippen LogP contribution in [0, 0.1) is 6.92 Å². The third-order valence-electron chi connectivity index (χ3n) is 5.77. The summed E-state index contributed by atoms with van der Waals surface area (Å²) in [6, 6.07) is 18.6. The number of nitrogens with zero attached hydrogens (tertiary/aromatic N) is 3. The minimum absolute atomic E-state index is 0.000129. The molecule has 0 radical (unpaired) electrons. The van der Waals surface area contributed by atoms with Crippen LogP contribution < -0.4 is 10.5 Å². The number of hydrogen-bond acceptors (Lipinski definition) is 7. The van der Waals surface area contributed by atoms with Crippen LogP contribution in [0.2, 0.25) is 0 Å². The summed E-state index contributed by atoms with van der Waals surface area (Å²) in [7, 11) is -2.74. The average molecular weight is 509 g/mol. The van der Waals surface area contributed by atoms with Gasteiger partial charge < -0.3 is 20.7 Å². The number of phenolic OH excluding ortho intramolecular Hbond substituents is 2. The van der Waals surface area contributed by atoms with Gasteiger partial charge in [-0.15, -0.1) is 0 Å². The van der Waals surface area contributed by atoms with E-state index in [1.165, 1.54) is 13.1 Å². The van der Waals surface area contributed by atoms with Crippen LogP contribution in [0.5, 0.6) is 17.2 Å². The van der Waals surface area contributed by atoms with Gasteiger partial charge in [0.2, 0.25) is 10.0 Å². The van der Waals surface area contributed by atoms with Gasteiger partial charge in [0.05, 0.1) is 17.6 Å². The zero-order chi connectivity index (χ0) is 25.9. The van der Waals surface area contributed by atoms with Gasteiger partial charge in [-0.3, -0.25) is 0 Å². The van der Waals surface area contributed by atoms with Crippen molar-refractivity contribution in [3.8, 4) is 34.2 Å². The van der Waals surface area contributed by atoms with Crippen molar-refractivity contribution in [3.63, 3.8) is 0 Å². The monoisotopic (exact) mass is 508 g/mol. The topological polar surface area (TPSA) is 131 Å². The van der Waals surface area contributed by atoms with Gasteiger partial charge in [0.15, 0.2) is 0 Å². The van der Waals surface area contributed by atoms with E-state index in [0.29, 0.717) is 30.2 Å². The van der Waals surface area contributed by atoms with E-state index < -0.39 is 15.8 Å². The fourth-order valence-electron chi connectivity index (χ4n) is 3.91. The number of nitrogens with two attached hydrogens (primary N) is 1. The third-order valence-corrected chi connectivity index (χ3v) is 7.60. The fourth-order valence-corrected chi connectivity index (χ4v) is 5.14. The number of aromatic hydroxyl groups is 2. The van der Waals surface area contributed by atoms with Crippen LogP contribution in [-0.4, -0.2) is 52.9 Å². The number of phenols is 2. The molecule has 1 heterocycles. The van der Waals surface area contributed by atoms with E-state index >= 15 is 0 Å². The van der Waals surface area contributed by atoms with Crippen LogP contribution in [0.4, 0.5) is 0 Å². The van der Waals surface area contributed by atoms with Gasteiger partial charge in [-0.1, -0.05) is 36.4 Å². The highest BCUT2D eigenvalue weighted by Crippen LogP contribution is 2.39. The van der Waals surface area contributed by atoms with E-state index in [9.17, 15) is 18.6 Å². The quantitative estimate of drug-likeness (QED) is 0.316. The van der Waals surface area contributed by atoms with Crippen molar-refractivity contribution in [2.45, 2.75) is 18.4 Å². The van der Waals surface area contributed by atoms with Crippen molar-refractivity contribution in [2.24, 2.45) is 5.73 Å². The molecule has 0 spiro atoms. The molecule has 0 aliphatic heterocycles. The maximum atomic E-state index is 13.5. The van der Waals surface area contributed by atoms with E-state index in [4.69, 9.17) is 10.5 Å². The van der Waals surface area contributed by atoms with E-state index in [-0.39, 0.29) is 22.8 Å². The Bertz CT molecular complexity index is 1480. The molecule has 4 aromatic rings. The molecule has 0 bridgehead atoms. The molecule has 3 aromatic carbocycles. The number of aromatic nitrogens is 2. The molecule has 0 atom stereocenters. The van der Waals surface area contributed by atoms with Gasteiger partial charge in [-0.2, -0.15) is 9.40 Å². The first-order chi connectivity index (χ1) is 17.2. The number of ether oxygens (including phenoxy) is 1. The number of para-hydroxylation sites is 2. The fraction of sp³-hybridized carbons (Fsp3) is 0.192. The molecular formula is C26H28N4O5S. The number of hydrogen-bond donors (Lipinski definition) is 3. The zero-order valence-electron chi connectivity index (χ0n) is 20.0. The Morgan fingerprint density at radius 1 is 1.03 bits per heavy atom. The Kier molecular flexibility index (Phi) is 7.30.